The number of ether oxygens (including phenoxy) is 1. The number of rotatable bonds is 7. The lowest BCUT2D eigenvalue weighted by molar-refractivity contribution is 0.175. The first-order valence-electron chi connectivity index (χ1n) is 6.52. The van der Waals surface area contributed by atoms with Crippen molar-refractivity contribution in [3.05, 3.63) is 0 Å². The first-order valence-corrected chi connectivity index (χ1v) is 7.78. The fourth-order valence-corrected chi connectivity index (χ4v) is 2.98. The van der Waals surface area contributed by atoms with E-state index in [1.807, 2.05) is 27.7 Å². The van der Waals surface area contributed by atoms with Crippen LogP contribution in [0.5, 0.6) is 0 Å². The van der Waals surface area contributed by atoms with E-state index in [4.69, 9.17) is 16.3 Å². The average molecular weight is 309 g/mol. The lowest BCUT2D eigenvalue weighted by Gasteiger charge is -2.27. The van der Waals surface area contributed by atoms with Crippen molar-refractivity contribution in [3.8, 4) is 0 Å². The summed E-state index contributed by atoms with van der Waals surface area (Å²) in [6.07, 6.45) is 1.95. The highest BCUT2D eigenvalue weighted by Gasteiger charge is 2.27. The smallest absolute Gasteiger partial charge is 0.403 e. The van der Waals surface area contributed by atoms with Gasteiger partial charge in [-0.25, -0.2) is 4.79 Å². The van der Waals surface area contributed by atoms with Gasteiger partial charge < -0.3 is 4.74 Å². The third-order valence-electron chi connectivity index (χ3n) is 2.16. The molecule has 0 aromatic heterocycles. The second-order valence-corrected chi connectivity index (χ2v) is 8.00. The van der Waals surface area contributed by atoms with Crippen LogP contribution in [0.25, 0.3) is 0 Å². The molecule has 0 aromatic carbocycles. The summed E-state index contributed by atoms with van der Waals surface area (Å²) in [7, 11) is 0. The number of carbonyl (C=O) groups excluding carboxylic acids is 1. The number of halogens is 1. The van der Waals surface area contributed by atoms with Gasteiger partial charge in [-0.3, -0.25) is 0 Å². The standard InChI is InChI=1S/C13H25ClN2O2S/c1-7-8-13(6,16-15-12(3,4)5)19-10(2)9-18-11(14)17/h10H,7-9H2,1-6H3. The molecule has 0 rings (SSSR count). The van der Waals surface area contributed by atoms with Crippen molar-refractivity contribution >= 4 is 28.8 Å². The Morgan fingerprint density at radius 3 is 2.32 bits per heavy atom. The van der Waals surface area contributed by atoms with Crippen molar-refractivity contribution < 1.29 is 9.53 Å². The summed E-state index contributed by atoms with van der Waals surface area (Å²) in [6, 6.07) is 0. The summed E-state index contributed by atoms with van der Waals surface area (Å²) < 4.78 is 4.81. The largest absolute Gasteiger partial charge is 0.453 e. The summed E-state index contributed by atoms with van der Waals surface area (Å²) in [6.45, 7) is 12.5. The highest BCUT2D eigenvalue weighted by atomic mass is 35.5. The Hall–Kier alpha value is -0.290. The van der Waals surface area contributed by atoms with E-state index in [-0.39, 0.29) is 22.3 Å². The molecule has 0 N–H and O–H groups in total. The van der Waals surface area contributed by atoms with Gasteiger partial charge in [-0.1, -0.05) is 13.3 Å². The van der Waals surface area contributed by atoms with Gasteiger partial charge in [-0.15, -0.1) is 11.8 Å². The van der Waals surface area contributed by atoms with Crippen LogP contribution in [0.1, 0.15) is 54.4 Å². The molecule has 0 radical (unpaired) electrons. The van der Waals surface area contributed by atoms with Crippen molar-refractivity contribution in [2.45, 2.75) is 70.0 Å². The van der Waals surface area contributed by atoms with E-state index >= 15 is 0 Å². The molecule has 0 fully saturated rings. The Morgan fingerprint density at radius 1 is 1.32 bits per heavy atom. The second-order valence-electron chi connectivity index (χ2n) is 5.77. The molecule has 0 aliphatic carbocycles. The van der Waals surface area contributed by atoms with Crippen molar-refractivity contribution in [1.82, 2.24) is 0 Å². The summed E-state index contributed by atoms with van der Waals surface area (Å²) >= 11 is 6.82. The number of nitrogens with zero attached hydrogens (tertiary/aromatic N) is 2. The molecule has 0 bridgehead atoms. The van der Waals surface area contributed by atoms with Crippen LogP contribution >= 0.6 is 23.4 Å². The van der Waals surface area contributed by atoms with Crippen LogP contribution < -0.4 is 0 Å². The van der Waals surface area contributed by atoms with E-state index in [2.05, 4.69) is 24.1 Å². The normalized spacial score (nSPS) is 17.2. The van der Waals surface area contributed by atoms with Crippen LogP contribution in [-0.4, -0.2) is 27.7 Å². The van der Waals surface area contributed by atoms with E-state index in [1.165, 1.54) is 0 Å². The average Bonchev–Trinajstić information content (AvgIpc) is 2.23. The second kappa shape index (κ2) is 8.10. The molecule has 19 heavy (non-hydrogen) atoms. The van der Waals surface area contributed by atoms with Gasteiger partial charge in [0.1, 0.15) is 11.5 Å². The first kappa shape index (κ1) is 18.7. The molecule has 2 atom stereocenters. The third-order valence-corrected chi connectivity index (χ3v) is 3.60. The molecule has 0 amide bonds. The molecule has 0 aromatic rings. The van der Waals surface area contributed by atoms with Gasteiger partial charge in [-0.05, 0) is 41.0 Å². The Bertz CT molecular complexity index is 318. The fraction of sp³-hybridized carbons (Fsp3) is 0.923. The molecule has 4 nitrogen and oxygen atoms in total. The zero-order chi connectivity index (χ0) is 15.1. The molecule has 0 saturated heterocycles. The van der Waals surface area contributed by atoms with E-state index in [0.717, 1.165) is 12.8 Å². The van der Waals surface area contributed by atoms with Crippen LogP contribution in [0.2, 0.25) is 0 Å². The summed E-state index contributed by atoms with van der Waals surface area (Å²) in [5.74, 6) is 0. The third kappa shape index (κ3) is 10.2. The number of carbonyl (C=O) groups is 1. The van der Waals surface area contributed by atoms with Gasteiger partial charge in [0.25, 0.3) is 0 Å². The van der Waals surface area contributed by atoms with Crippen LogP contribution in [-0.2, 0) is 4.74 Å². The quantitative estimate of drug-likeness (QED) is 0.476. The molecular formula is C13H25ClN2O2S. The lowest BCUT2D eigenvalue weighted by Crippen LogP contribution is -2.24. The topological polar surface area (TPSA) is 51.0 Å². The van der Waals surface area contributed by atoms with Crippen molar-refractivity contribution in [3.63, 3.8) is 0 Å². The van der Waals surface area contributed by atoms with E-state index in [1.54, 1.807) is 11.8 Å². The number of azo groups is 1. The van der Waals surface area contributed by atoms with Gasteiger partial charge in [0.15, 0.2) is 0 Å². The van der Waals surface area contributed by atoms with Crippen molar-refractivity contribution in [2.24, 2.45) is 10.2 Å². The molecule has 0 heterocycles. The molecule has 0 aliphatic rings. The maximum atomic E-state index is 10.6. The Labute approximate surface area is 125 Å². The molecule has 0 aliphatic heterocycles. The van der Waals surface area contributed by atoms with Crippen LogP contribution in [0.4, 0.5) is 4.79 Å². The molecule has 2 unspecified atom stereocenters. The number of hydrogen-bond donors (Lipinski definition) is 0. The Balaban J connectivity index is 4.61. The SMILES string of the molecule is CCCC(C)(N=NC(C)(C)C)SC(C)COC(=O)Cl. The summed E-state index contributed by atoms with van der Waals surface area (Å²) in [5, 5.41) is 8.99. The maximum absolute atomic E-state index is 10.6. The van der Waals surface area contributed by atoms with Crippen LogP contribution in [0.3, 0.4) is 0 Å². The Kier molecular flexibility index (Phi) is 7.98. The number of hydrogen-bond acceptors (Lipinski definition) is 5. The van der Waals surface area contributed by atoms with Crippen molar-refractivity contribution in [2.75, 3.05) is 6.61 Å². The fourth-order valence-electron chi connectivity index (χ4n) is 1.50. The molecule has 0 spiro atoms. The predicted octanol–water partition coefficient (Wildman–Crippen LogP) is 5.25. The Morgan fingerprint density at radius 2 is 1.89 bits per heavy atom. The molecule has 0 saturated carbocycles. The van der Waals surface area contributed by atoms with E-state index in [9.17, 15) is 4.79 Å². The van der Waals surface area contributed by atoms with E-state index in [0.29, 0.717) is 0 Å². The summed E-state index contributed by atoms with van der Waals surface area (Å²) in [5.41, 5.74) is -0.942. The molecule has 112 valence electrons. The number of thioether (sulfide) groups is 1. The van der Waals surface area contributed by atoms with Gasteiger partial charge in [0, 0.05) is 16.9 Å². The lowest BCUT2D eigenvalue weighted by atomic mass is 10.1. The zero-order valence-corrected chi connectivity index (χ0v) is 14.3. The van der Waals surface area contributed by atoms with Gasteiger partial charge in [0.05, 0.1) is 5.54 Å². The predicted molar refractivity (Wildman–Crippen MR) is 82.2 cm³/mol. The summed E-state index contributed by atoms with van der Waals surface area (Å²) in [4.78, 5) is 10.3. The van der Waals surface area contributed by atoms with Gasteiger partial charge >= 0.3 is 5.43 Å². The van der Waals surface area contributed by atoms with Crippen LogP contribution in [0.15, 0.2) is 10.2 Å². The maximum Gasteiger partial charge on any atom is 0.403 e. The van der Waals surface area contributed by atoms with Crippen molar-refractivity contribution in [1.29, 1.82) is 0 Å². The highest BCUT2D eigenvalue weighted by molar-refractivity contribution is 8.01. The minimum atomic E-state index is -0.763. The van der Waals surface area contributed by atoms with Gasteiger partial charge in [0.2, 0.25) is 0 Å². The minimum absolute atomic E-state index is 0.123. The zero-order valence-electron chi connectivity index (χ0n) is 12.7. The first-order chi connectivity index (χ1) is 8.58. The molecule has 6 heteroatoms. The van der Waals surface area contributed by atoms with Crippen LogP contribution in [0, 0.1) is 0 Å². The highest BCUT2D eigenvalue weighted by Crippen LogP contribution is 2.36. The van der Waals surface area contributed by atoms with Gasteiger partial charge in [-0.2, -0.15) is 10.2 Å². The molecular weight excluding hydrogens is 284 g/mol. The monoisotopic (exact) mass is 308 g/mol. The minimum Gasteiger partial charge on any atom is -0.453 e. The van der Waals surface area contributed by atoms with E-state index < -0.39 is 5.43 Å².